The molecule has 4 N–H and O–H groups in total. The maximum absolute atomic E-state index is 11.3. The number of carbonyl (C=O) groups excluding carboxylic acids is 2. The normalized spacial score (nSPS) is 9.80. The molecule has 82 valence electrons. The van der Waals surface area contributed by atoms with Crippen LogP contribution in [0.4, 0.5) is 4.79 Å². The molecule has 0 aliphatic rings. The highest BCUT2D eigenvalue weighted by molar-refractivity contribution is 5.93. The summed E-state index contributed by atoms with van der Waals surface area (Å²) < 4.78 is 0. The summed E-state index contributed by atoms with van der Waals surface area (Å²) in [6, 6.07) is 2.89. The number of urea groups is 1. The standard InChI is InChI=1S/C9H14N4O2/c1-6(2)11-9(15)13-12-8(14)7-4-3-5-10-7/h3-6,10H,1-2H3,(H,12,14)(H2,11,13,15). The van der Waals surface area contributed by atoms with Crippen molar-refractivity contribution in [3.63, 3.8) is 0 Å². The number of H-pyrrole nitrogens is 1. The highest BCUT2D eigenvalue weighted by Gasteiger charge is 2.07. The second-order valence-electron chi connectivity index (χ2n) is 3.29. The van der Waals surface area contributed by atoms with Gasteiger partial charge in [-0.05, 0) is 26.0 Å². The maximum Gasteiger partial charge on any atom is 0.333 e. The van der Waals surface area contributed by atoms with Crippen molar-refractivity contribution in [2.45, 2.75) is 19.9 Å². The van der Waals surface area contributed by atoms with Crippen LogP contribution in [0.15, 0.2) is 18.3 Å². The molecular weight excluding hydrogens is 196 g/mol. The second kappa shape index (κ2) is 5.04. The van der Waals surface area contributed by atoms with Crippen LogP contribution < -0.4 is 16.2 Å². The van der Waals surface area contributed by atoms with E-state index in [0.29, 0.717) is 5.69 Å². The van der Waals surface area contributed by atoms with Crippen LogP contribution in [0.5, 0.6) is 0 Å². The Morgan fingerprint density at radius 3 is 2.60 bits per heavy atom. The van der Waals surface area contributed by atoms with Gasteiger partial charge in [-0.2, -0.15) is 0 Å². The minimum Gasteiger partial charge on any atom is -0.357 e. The van der Waals surface area contributed by atoms with Crippen LogP contribution in [0.25, 0.3) is 0 Å². The fourth-order valence-electron chi connectivity index (χ4n) is 0.951. The van der Waals surface area contributed by atoms with Crippen molar-refractivity contribution >= 4 is 11.9 Å². The number of hydrogen-bond donors (Lipinski definition) is 4. The molecule has 0 unspecified atom stereocenters. The summed E-state index contributed by atoms with van der Waals surface area (Å²) in [7, 11) is 0. The zero-order valence-corrected chi connectivity index (χ0v) is 8.63. The van der Waals surface area contributed by atoms with Crippen molar-refractivity contribution < 1.29 is 9.59 Å². The molecule has 6 nitrogen and oxygen atoms in total. The molecule has 0 radical (unpaired) electrons. The number of hydrazine groups is 1. The first-order valence-electron chi connectivity index (χ1n) is 4.60. The first kappa shape index (κ1) is 11.1. The molecular formula is C9H14N4O2. The van der Waals surface area contributed by atoms with Gasteiger partial charge in [-0.1, -0.05) is 0 Å². The minimum atomic E-state index is -0.440. The molecule has 1 aromatic rings. The van der Waals surface area contributed by atoms with E-state index in [0.717, 1.165) is 0 Å². The number of hydrogen-bond acceptors (Lipinski definition) is 2. The highest BCUT2D eigenvalue weighted by Crippen LogP contribution is 1.92. The fraction of sp³-hybridized carbons (Fsp3) is 0.333. The summed E-state index contributed by atoms with van der Waals surface area (Å²) in [5, 5.41) is 2.57. The monoisotopic (exact) mass is 210 g/mol. The zero-order valence-electron chi connectivity index (χ0n) is 8.63. The Morgan fingerprint density at radius 2 is 2.07 bits per heavy atom. The zero-order chi connectivity index (χ0) is 11.3. The first-order valence-corrected chi connectivity index (χ1v) is 4.60. The molecule has 0 aromatic carbocycles. The quantitative estimate of drug-likeness (QED) is 0.531. The lowest BCUT2D eigenvalue weighted by Gasteiger charge is -2.10. The maximum atomic E-state index is 11.3. The van der Waals surface area contributed by atoms with Gasteiger partial charge in [0.1, 0.15) is 5.69 Å². The predicted octanol–water partition coefficient (Wildman–Crippen LogP) is 0.367. The Labute approximate surface area is 87.4 Å². The van der Waals surface area contributed by atoms with Gasteiger partial charge in [0, 0.05) is 12.2 Å². The number of aromatic amines is 1. The van der Waals surface area contributed by atoms with Gasteiger partial charge in [-0.3, -0.25) is 10.2 Å². The van der Waals surface area contributed by atoms with E-state index in [2.05, 4.69) is 21.2 Å². The molecule has 0 saturated carbocycles. The Bertz CT molecular complexity index is 332. The molecule has 15 heavy (non-hydrogen) atoms. The number of nitrogens with one attached hydrogen (secondary N) is 4. The van der Waals surface area contributed by atoms with E-state index >= 15 is 0 Å². The Balaban J connectivity index is 2.32. The van der Waals surface area contributed by atoms with E-state index in [1.54, 1.807) is 18.3 Å². The SMILES string of the molecule is CC(C)NC(=O)NNC(=O)c1ccc[nH]1. The second-order valence-corrected chi connectivity index (χ2v) is 3.29. The van der Waals surface area contributed by atoms with Crippen molar-refractivity contribution in [2.24, 2.45) is 0 Å². The summed E-state index contributed by atoms with van der Waals surface area (Å²) >= 11 is 0. The largest absolute Gasteiger partial charge is 0.357 e. The summed E-state index contributed by atoms with van der Waals surface area (Å²) in [6.07, 6.45) is 1.63. The number of rotatable bonds is 2. The summed E-state index contributed by atoms with van der Waals surface area (Å²) in [6.45, 7) is 3.65. The van der Waals surface area contributed by atoms with Crippen molar-refractivity contribution in [3.05, 3.63) is 24.0 Å². The molecule has 0 aliphatic carbocycles. The summed E-state index contributed by atoms with van der Waals surface area (Å²) in [5.41, 5.74) is 4.88. The molecule has 0 fully saturated rings. The molecule has 1 heterocycles. The number of carbonyl (C=O) groups is 2. The number of amides is 3. The van der Waals surface area contributed by atoms with Crippen molar-refractivity contribution in [1.82, 2.24) is 21.2 Å². The number of aromatic nitrogens is 1. The molecule has 0 atom stereocenters. The van der Waals surface area contributed by atoms with Crippen molar-refractivity contribution in [3.8, 4) is 0 Å². The fourth-order valence-corrected chi connectivity index (χ4v) is 0.951. The van der Waals surface area contributed by atoms with Crippen LogP contribution in [0.1, 0.15) is 24.3 Å². The van der Waals surface area contributed by atoms with Crippen LogP contribution in [-0.4, -0.2) is 23.0 Å². The molecule has 0 aliphatic heterocycles. The topological polar surface area (TPSA) is 86.0 Å². The van der Waals surface area contributed by atoms with Gasteiger partial charge < -0.3 is 10.3 Å². The lowest BCUT2D eigenvalue weighted by atomic mass is 10.4. The van der Waals surface area contributed by atoms with Crippen LogP contribution in [0.3, 0.4) is 0 Å². The first-order chi connectivity index (χ1) is 7.09. The van der Waals surface area contributed by atoms with E-state index in [4.69, 9.17) is 0 Å². The van der Waals surface area contributed by atoms with Crippen LogP contribution in [0, 0.1) is 0 Å². The van der Waals surface area contributed by atoms with E-state index in [9.17, 15) is 9.59 Å². The average Bonchev–Trinajstić information content (AvgIpc) is 2.65. The van der Waals surface area contributed by atoms with Gasteiger partial charge in [0.25, 0.3) is 5.91 Å². The Kier molecular flexibility index (Phi) is 3.73. The van der Waals surface area contributed by atoms with E-state index in [-0.39, 0.29) is 11.9 Å². The van der Waals surface area contributed by atoms with Crippen LogP contribution >= 0.6 is 0 Å². The van der Waals surface area contributed by atoms with Gasteiger partial charge in [-0.15, -0.1) is 0 Å². The highest BCUT2D eigenvalue weighted by atomic mass is 16.2. The Morgan fingerprint density at radius 1 is 1.33 bits per heavy atom. The van der Waals surface area contributed by atoms with Crippen molar-refractivity contribution in [1.29, 1.82) is 0 Å². The Hall–Kier alpha value is -1.98. The smallest absolute Gasteiger partial charge is 0.333 e. The van der Waals surface area contributed by atoms with E-state index in [1.165, 1.54) is 0 Å². The summed E-state index contributed by atoms with van der Waals surface area (Å²) in [4.78, 5) is 25.1. The molecule has 0 bridgehead atoms. The third kappa shape index (κ3) is 3.72. The lowest BCUT2D eigenvalue weighted by Crippen LogP contribution is -2.48. The summed E-state index contributed by atoms with van der Waals surface area (Å²) in [5.74, 6) is -0.390. The van der Waals surface area contributed by atoms with E-state index in [1.807, 2.05) is 13.8 Å². The van der Waals surface area contributed by atoms with Gasteiger partial charge in [0.15, 0.2) is 0 Å². The average molecular weight is 210 g/mol. The van der Waals surface area contributed by atoms with Crippen molar-refractivity contribution in [2.75, 3.05) is 0 Å². The third-order valence-electron chi connectivity index (χ3n) is 1.55. The van der Waals surface area contributed by atoms with Gasteiger partial charge >= 0.3 is 6.03 Å². The van der Waals surface area contributed by atoms with E-state index < -0.39 is 6.03 Å². The third-order valence-corrected chi connectivity index (χ3v) is 1.55. The minimum absolute atomic E-state index is 0.0207. The van der Waals surface area contributed by atoms with Crippen LogP contribution in [-0.2, 0) is 0 Å². The molecule has 0 saturated heterocycles. The van der Waals surface area contributed by atoms with Gasteiger partial charge in [-0.25, -0.2) is 10.2 Å². The molecule has 0 spiro atoms. The lowest BCUT2D eigenvalue weighted by molar-refractivity contribution is 0.0931. The molecule has 3 amide bonds. The predicted molar refractivity (Wildman–Crippen MR) is 55.1 cm³/mol. The molecule has 1 aromatic heterocycles. The van der Waals surface area contributed by atoms with Gasteiger partial charge in [0.2, 0.25) is 0 Å². The molecule has 1 rings (SSSR count). The van der Waals surface area contributed by atoms with Gasteiger partial charge in [0.05, 0.1) is 0 Å². The van der Waals surface area contributed by atoms with Crippen LogP contribution in [0.2, 0.25) is 0 Å². The molecule has 6 heteroatoms.